The third kappa shape index (κ3) is 8.39. The average molecular weight is 290 g/mol. The maximum Gasteiger partial charge on any atom is 0.318 e. The van der Waals surface area contributed by atoms with Crippen LogP contribution in [0.3, 0.4) is 0 Å². The zero-order valence-corrected chi connectivity index (χ0v) is 14.4. The van der Waals surface area contributed by atoms with Gasteiger partial charge in [-0.3, -0.25) is 4.79 Å². The Morgan fingerprint density at radius 2 is 1.63 bits per heavy atom. The van der Waals surface area contributed by atoms with Crippen LogP contribution in [0.25, 0.3) is 0 Å². The number of hydrogen-bond acceptors (Lipinski definition) is 4. The molecule has 0 aliphatic carbocycles. The molecule has 0 unspecified atom stereocenters. The fourth-order valence-corrected chi connectivity index (χ4v) is 2.02. The molecule has 0 amide bonds. The van der Waals surface area contributed by atoms with Crippen LogP contribution in [0.5, 0.6) is 0 Å². The number of rotatable bonds is 9. The fourth-order valence-electron chi connectivity index (χ4n) is 1.09. The molecule has 0 aromatic heterocycles. The molecule has 0 fully saturated rings. The minimum absolute atomic E-state index is 0.0175. The summed E-state index contributed by atoms with van der Waals surface area (Å²) in [6, 6.07) is 0. The van der Waals surface area contributed by atoms with E-state index in [4.69, 9.17) is 13.9 Å². The molecule has 0 aromatic carbocycles. The van der Waals surface area contributed by atoms with Crippen molar-refractivity contribution in [2.75, 3.05) is 26.4 Å². The van der Waals surface area contributed by atoms with Crippen molar-refractivity contribution in [1.82, 2.24) is 0 Å². The Morgan fingerprint density at radius 3 is 2.16 bits per heavy atom. The topological polar surface area (TPSA) is 44.8 Å². The highest BCUT2D eigenvalue weighted by atomic mass is 28.4. The van der Waals surface area contributed by atoms with Crippen LogP contribution >= 0.6 is 0 Å². The molecular formula is C14H30O4Si. The highest BCUT2D eigenvalue weighted by Gasteiger charge is 2.40. The molecule has 0 aromatic rings. The molecule has 4 nitrogen and oxygen atoms in total. The number of hydrogen-bond donors (Lipinski definition) is 0. The lowest BCUT2D eigenvalue weighted by Crippen LogP contribution is -2.43. The maximum atomic E-state index is 11.7. The van der Waals surface area contributed by atoms with Gasteiger partial charge in [0.05, 0.1) is 13.2 Å². The Hall–Kier alpha value is -0.393. The lowest BCUT2D eigenvalue weighted by molar-refractivity contribution is -0.141. The molecule has 0 saturated carbocycles. The van der Waals surface area contributed by atoms with Crippen molar-refractivity contribution in [3.8, 4) is 0 Å². The van der Waals surface area contributed by atoms with Crippen LogP contribution in [-0.2, 0) is 18.7 Å². The zero-order chi connectivity index (χ0) is 14.9. The molecule has 0 aliphatic heterocycles. The molecule has 0 bridgehead atoms. The third-order valence-electron chi connectivity index (χ3n) is 3.41. The second-order valence-corrected chi connectivity index (χ2v) is 11.0. The van der Waals surface area contributed by atoms with Crippen LogP contribution in [-0.4, -0.2) is 40.7 Å². The first-order valence-corrected chi connectivity index (χ1v) is 9.99. The molecule has 0 heterocycles. The summed E-state index contributed by atoms with van der Waals surface area (Å²) in [6.07, 6.45) is 2.19. The number of carbonyl (C=O) groups is 1. The number of unbranched alkanes of at least 4 members (excludes halogenated alkanes) is 1. The van der Waals surface area contributed by atoms with Crippen molar-refractivity contribution in [2.24, 2.45) is 0 Å². The van der Waals surface area contributed by atoms with E-state index in [1.807, 2.05) is 0 Å². The first-order valence-electron chi connectivity index (χ1n) is 7.08. The molecule has 0 spiro atoms. The molecule has 0 rings (SSSR count). The Labute approximate surface area is 118 Å². The zero-order valence-electron chi connectivity index (χ0n) is 13.4. The van der Waals surface area contributed by atoms with Crippen molar-refractivity contribution < 1.29 is 18.7 Å². The summed E-state index contributed by atoms with van der Waals surface area (Å²) in [6.45, 7) is 14.3. The summed E-state index contributed by atoms with van der Waals surface area (Å²) < 4.78 is 16.2. The highest BCUT2D eigenvalue weighted by Crippen LogP contribution is 2.36. The minimum atomic E-state index is -2.01. The van der Waals surface area contributed by atoms with E-state index in [2.05, 4.69) is 40.8 Å². The predicted octanol–water partition coefficient (Wildman–Crippen LogP) is 3.37. The molecule has 0 radical (unpaired) electrons. The van der Waals surface area contributed by atoms with Gasteiger partial charge in [0.2, 0.25) is 0 Å². The van der Waals surface area contributed by atoms with E-state index < -0.39 is 8.32 Å². The first-order chi connectivity index (χ1) is 8.70. The normalized spacial score (nSPS) is 12.5. The first kappa shape index (κ1) is 18.6. The van der Waals surface area contributed by atoms with Gasteiger partial charge in [0, 0.05) is 6.61 Å². The van der Waals surface area contributed by atoms with Gasteiger partial charge in [0.15, 0.2) is 0 Å². The van der Waals surface area contributed by atoms with Crippen molar-refractivity contribution in [3.05, 3.63) is 0 Å². The van der Waals surface area contributed by atoms with Gasteiger partial charge < -0.3 is 13.9 Å². The van der Waals surface area contributed by atoms with Crippen molar-refractivity contribution in [3.63, 3.8) is 0 Å². The monoisotopic (exact) mass is 290 g/mol. The van der Waals surface area contributed by atoms with Crippen molar-refractivity contribution in [1.29, 1.82) is 0 Å². The molecular weight excluding hydrogens is 260 g/mol. The Kier molecular flexibility index (Phi) is 8.53. The number of ether oxygens (including phenoxy) is 2. The van der Waals surface area contributed by atoms with Crippen molar-refractivity contribution in [2.45, 2.75) is 58.7 Å². The molecule has 0 aliphatic rings. The maximum absolute atomic E-state index is 11.7. The van der Waals surface area contributed by atoms with E-state index in [9.17, 15) is 4.79 Å². The summed E-state index contributed by atoms with van der Waals surface area (Å²) in [5.74, 6) is -0.264. The summed E-state index contributed by atoms with van der Waals surface area (Å²) in [5.41, 5.74) is 0. The predicted molar refractivity (Wildman–Crippen MR) is 79.8 cm³/mol. The average Bonchev–Trinajstić information content (AvgIpc) is 2.25. The standard InChI is InChI=1S/C14H30O4Si/c1-7-8-9-16-10-11-17-12-13(15)18-19(5,6)14(2,3)4/h7-12H2,1-6H3. The van der Waals surface area contributed by atoms with E-state index in [-0.39, 0.29) is 17.6 Å². The summed E-state index contributed by atoms with van der Waals surface area (Å²) in [7, 11) is -2.01. The SMILES string of the molecule is CCCCOCCOCC(=O)O[Si](C)(C)C(C)(C)C. The van der Waals surface area contributed by atoms with Gasteiger partial charge in [-0.15, -0.1) is 0 Å². The van der Waals surface area contributed by atoms with Crippen LogP contribution in [0, 0.1) is 0 Å². The van der Waals surface area contributed by atoms with E-state index in [1.54, 1.807) is 0 Å². The van der Waals surface area contributed by atoms with Crippen LogP contribution < -0.4 is 0 Å². The summed E-state index contributed by atoms with van der Waals surface area (Å²) in [4.78, 5) is 11.7. The fraction of sp³-hybridized carbons (Fsp3) is 0.929. The van der Waals surface area contributed by atoms with Gasteiger partial charge in [-0.05, 0) is 24.6 Å². The van der Waals surface area contributed by atoms with Gasteiger partial charge in [0.25, 0.3) is 8.32 Å². The molecule has 0 atom stereocenters. The smallest absolute Gasteiger partial charge is 0.318 e. The third-order valence-corrected chi connectivity index (χ3v) is 7.76. The van der Waals surface area contributed by atoms with Gasteiger partial charge in [0.1, 0.15) is 6.61 Å². The van der Waals surface area contributed by atoms with Crippen LogP contribution in [0.2, 0.25) is 18.1 Å². The Morgan fingerprint density at radius 1 is 1.05 bits per heavy atom. The quantitative estimate of drug-likeness (QED) is 0.482. The molecule has 0 N–H and O–H groups in total. The lowest BCUT2D eigenvalue weighted by Gasteiger charge is -2.35. The van der Waals surface area contributed by atoms with Gasteiger partial charge in [-0.1, -0.05) is 34.1 Å². The van der Waals surface area contributed by atoms with Crippen LogP contribution in [0.15, 0.2) is 0 Å². The lowest BCUT2D eigenvalue weighted by atomic mass is 10.2. The van der Waals surface area contributed by atoms with Gasteiger partial charge >= 0.3 is 5.97 Å². The molecule has 0 saturated heterocycles. The summed E-state index contributed by atoms with van der Waals surface area (Å²) in [5, 5.41) is 0.0337. The highest BCUT2D eigenvalue weighted by molar-refractivity contribution is 6.75. The summed E-state index contributed by atoms with van der Waals surface area (Å²) >= 11 is 0. The molecule has 114 valence electrons. The van der Waals surface area contributed by atoms with E-state index in [1.165, 1.54) is 0 Å². The van der Waals surface area contributed by atoms with E-state index in [0.29, 0.717) is 13.2 Å². The minimum Gasteiger partial charge on any atom is -0.517 e. The Balaban J connectivity index is 3.71. The molecule has 19 heavy (non-hydrogen) atoms. The number of carbonyl (C=O) groups excluding carboxylic acids is 1. The van der Waals surface area contributed by atoms with E-state index in [0.717, 1.165) is 19.4 Å². The second kappa shape index (κ2) is 8.71. The van der Waals surface area contributed by atoms with Gasteiger partial charge in [-0.2, -0.15) is 0 Å². The largest absolute Gasteiger partial charge is 0.517 e. The van der Waals surface area contributed by atoms with Crippen molar-refractivity contribution >= 4 is 14.3 Å². The second-order valence-electron chi connectivity index (χ2n) is 6.25. The molecule has 5 heteroatoms. The van der Waals surface area contributed by atoms with Crippen LogP contribution in [0.1, 0.15) is 40.5 Å². The van der Waals surface area contributed by atoms with Gasteiger partial charge in [-0.25, -0.2) is 0 Å². The Bertz CT molecular complexity index is 259. The van der Waals surface area contributed by atoms with Crippen LogP contribution in [0.4, 0.5) is 0 Å². The van der Waals surface area contributed by atoms with E-state index >= 15 is 0 Å².